The van der Waals surface area contributed by atoms with Gasteiger partial charge in [-0.05, 0) is 12.3 Å². The highest BCUT2D eigenvalue weighted by molar-refractivity contribution is 5.79. The second kappa shape index (κ2) is 10.7. The fourth-order valence-corrected chi connectivity index (χ4v) is 3.23. The number of rotatable bonds is 13. The zero-order valence-corrected chi connectivity index (χ0v) is 18.4. The number of halogens is 17. The van der Waals surface area contributed by atoms with E-state index in [-0.39, 0.29) is 12.5 Å². The Morgan fingerprint density at radius 2 is 0.947 bits per heavy atom. The molecule has 0 atom stereocenters. The van der Waals surface area contributed by atoms with E-state index in [1.54, 1.807) is 0 Å². The lowest BCUT2D eigenvalue weighted by Gasteiger charge is -2.42. The van der Waals surface area contributed by atoms with Crippen LogP contribution in [0.2, 0.25) is 0 Å². The average molecular weight is 604 g/mol. The summed E-state index contributed by atoms with van der Waals surface area (Å²) >= 11 is 0. The van der Waals surface area contributed by atoms with E-state index in [4.69, 9.17) is 4.74 Å². The van der Waals surface area contributed by atoms with Gasteiger partial charge >= 0.3 is 53.6 Å². The van der Waals surface area contributed by atoms with E-state index in [1.807, 2.05) is 0 Å². The van der Waals surface area contributed by atoms with E-state index in [0.717, 1.165) is 25.7 Å². The maximum Gasteiger partial charge on any atom is 0.460 e. The first-order valence-corrected chi connectivity index (χ1v) is 10.2. The van der Waals surface area contributed by atoms with Crippen LogP contribution < -0.4 is 0 Å². The van der Waals surface area contributed by atoms with Crippen molar-refractivity contribution in [2.75, 3.05) is 19.8 Å². The molecule has 0 aromatic rings. The zero-order chi connectivity index (χ0) is 30.2. The molecule has 1 aliphatic carbocycles. The third-order valence-corrected chi connectivity index (χ3v) is 5.58. The predicted molar refractivity (Wildman–Crippen MR) is 89.0 cm³/mol. The number of carbonyl (C=O) groups excluding carboxylic acids is 1. The maximum atomic E-state index is 13.7. The minimum Gasteiger partial charge on any atom is -0.459 e. The Labute approximate surface area is 201 Å². The van der Waals surface area contributed by atoms with Crippen LogP contribution in [-0.2, 0) is 14.3 Å². The van der Waals surface area contributed by atoms with Crippen LogP contribution >= 0.6 is 0 Å². The van der Waals surface area contributed by atoms with Gasteiger partial charge < -0.3 is 9.47 Å². The minimum absolute atomic E-state index is 0.0785. The third kappa shape index (κ3) is 5.46. The van der Waals surface area contributed by atoms with Gasteiger partial charge in [0.1, 0.15) is 6.61 Å². The fraction of sp³-hybridized carbons (Fsp3) is 0.944. The van der Waals surface area contributed by atoms with Crippen molar-refractivity contribution in [1.29, 1.82) is 0 Å². The summed E-state index contributed by atoms with van der Waals surface area (Å²) in [5.41, 5.74) is 0. The van der Waals surface area contributed by atoms with Crippen LogP contribution in [0.15, 0.2) is 0 Å². The van der Waals surface area contributed by atoms with Gasteiger partial charge in [0.2, 0.25) is 0 Å². The Kier molecular flexibility index (Phi) is 9.62. The van der Waals surface area contributed by atoms with Gasteiger partial charge in [0.15, 0.2) is 0 Å². The number of esters is 1. The topological polar surface area (TPSA) is 35.5 Å². The van der Waals surface area contributed by atoms with Crippen LogP contribution in [0.25, 0.3) is 0 Å². The van der Waals surface area contributed by atoms with E-state index in [0.29, 0.717) is 6.42 Å². The first-order valence-electron chi connectivity index (χ1n) is 10.2. The average Bonchev–Trinajstić information content (AvgIpc) is 3.27. The molecule has 0 N–H and O–H groups in total. The van der Waals surface area contributed by atoms with Gasteiger partial charge in [0.05, 0.1) is 6.61 Å². The van der Waals surface area contributed by atoms with Crippen molar-refractivity contribution in [3.8, 4) is 0 Å². The Morgan fingerprint density at radius 3 is 1.37 bits per heavy atom. The van der Waals surface area contributed by atoms with Gasteiger partial charge in [-0.2, -0.15) is 74.6 Å². The molecule has 1 aliphatic rings. The van der Waals surface area contributed by atoms with Crippen LogP contribution in [0.4, 0.5) is 74.6 Å². The molecule has 0 unspecified atom stereocenters. The number of hydrogen-bond acceptors (Lipinski definition) is 3. The molecule has 0 aromatic carbocycles. The summed E-state index contributed by atoms with van der Waals surface area (Å²) < 4.78 is 232. The molecular weight excluding hydrogens is 587 g/mol. The van der Waals surface area contributed by atoms with Crippen molar-refractivity contribution in [3.63, 3.8) is 0 Å². The van der Waals surface area contributed by atoms with Gasteiger partial charge in [0.25, 0.3) is 0 Å². The molecule has 0 bridgehead atoms. The summed E-state index contributed by atoms with van der Waals surface area (Å²) in [4.78, 5) is 11.2. The van der Waals surface area contributed by atoms with Crippen molar-refractivity contribution in [1.82, 2.24) is 0 Å². The summed E-state index contributed by atoms with van der Waals surface area (Å²) in [5.74, 6) is -61.8. The Bertz CT molecular complexity index is 815. The highest BCUT2D eigenvalue weighted by Crippen LogP contribution is 2.64. The predicted octanol–water partition coefficient (Wildman–Crippen LogP) is 7.14. The van der Waals surface area contributed by atoms with E-state index in [2.05, 4.69) is 4.74 Å². The number of alkyl halides is 17. The number of hydrogen-bond donors (Lipinski definition) is 0. The second-order valence-corrected chi connectivity index (χ2v) is 8.21. The Morgan fingerprint density at radius 1 is 0.553 bits per heavy atom. The second-order valence-electron chi connectivity index (χ2n) is 8.21. The highest BCUT2D eigenvalue weighted by Gasteiger charge is 2.95. The van der Waals surface area contributed by atoms with E-state index in [1.165, 1.54) is 0 Å². The summed E-state index contributed by atoms with van der Waals surface area (Å²) in [6, 6.07) is 0. The van der Waals surface area contributed by atoms with Crippen molar-refractivity contribution < 1.29 is 88.9 Å². The SMILES string of the molecule is O=C(OCCOCCC1CCCC1)C(F)(F)C(F)(F)C(F)(F)C(F)(F)C(F)(F)C(F)(F)C(F)(F)C(F)(F)F. The van der Waals surface area contributed by atoms with E-state index in [9.17, 15) is 79.4 Å². The summed E-state index contributed by atoms with van der Waals surface area (Å²) in [6.07, 6.45) is -3.90. The van der Waals surface area contributed by atoms with Gasteiger partial charge in [-0.3, -0.25) is 0 Å². The smallest absolute Gasteiger partial charge is 0.459 e. The lowest BCUT2D eigenvalue weighted by molar-refractivity contribution is -0.460. The van der Waals surface area contributed by atoms with Crippen molar-refractivity contribution in [3.05, 3.63) is 0 Å². The molecule has 0 saturated heterocycles. The van der Waals surface area contributed by atoms with Gasteiger partial charge in [-0.25, -0.2) is 4.79 Å². The highest BCUT2D eigenvalue weighted by atomic mass is 19.4. The van der Waals surface area contributed by atoms with E-state index < -0.39 is 66.8 Å². The van der Waals surface area contributed by atoms with Gasteiger partial charge in [-0.15, -0.1) is 0 Å². The summed E-state index contributed by atoms with van der Waals surface area (Å²) in [6.45, 7) is -2.34. The number of carbonyl (C=O) groups is 1. The lowest BCUT2D eigenvalue weighted by atomic mass is 9.89. The zero-order valence-electron chi connectivity index (χ0n) is 18.4. The molecule has 0 heterocycles. The Hall–Kier alpha value is -1.76. The van der Waals surface area contributed by atoms with Crippen LogP contribution in [0, 0.1) is 5.92 Å². The van der Waals surface area contributed by atoms with E-state index >= 15 is 0 Å². The molecule has 0 radical (unpaired) electrons. The molecule has 1 rings (SSSR count). The van der Waals surface area contributed by atoms with Crippen molar-refractivity contribution >= 4 is 5.97 Å². The van der Waals surface area contributed by atoms with Gasteiger partial charge in [0, 0.05) is 6.61 Å². The van der Waals surface area contributed by atoms with Gasteiger partial charge in [-0.1, -0.05) is 25.7 Å². The first-order chi connectivity index (χ1) is 16.7. The molecule has 226 valence electrons. The maximum absolute atomic E-state index is 13.7. The van der Waals surface area contributed by atoms with Crippen molar-refractivity contribution in [2.45, 2.75) is 79.7 Å². The molecule has 1 saturated carbocycles. The minimum atomic E-state index is -8.75. The third-order valence-electron chi connectivity index (χ3n) is 5.58. The molecule has 0 aliphatic heterocycles. The molecule has 0 amide bonds. The quantitative estimate of drug-likeness (QED) is 0.128. The monoisotopic (exact) mass is 604 g/mol. The molecule has 38 heavy (non-hydrogen) atoms. The fourth-order valence-electron chi connectivity index (χ4n) is 3.23. The normalized spacial score (nSPS) is 17.7. The van der Waals surface area contributed by atoms with Crippen LogP contribution in [0.5, 0.6) is 0 Å². The standard InChI is InChI=1S/C18H17F17O3/c19-11(20,10(36)38-8-7-37-6-5-9-3-1-2-4-9)12(21,22)13(23,24)14(25,26)15(27,28)16(29,30)17(31,32)18(33,34)35/h9H,1-8H2. The summed E-state index contributed by atoms with van der Waals surface area (Å²) in [5, 5.41) is 0. The Balaban J connectivity index is 3.09. The lowest BCUT2D eigenvalue weighted by Crippen LogP contribution is -2.75. The molecule has 0 spiro atoms. The molecule has 3 nitrogen and oxygen atoms in total. The van der Waals surface area contributed by atoms with Crippen LogP contribution in [-0.4, -0.2) is 73.4 Å². The molecule has 0 aromatic heterocycles. The molecular formula is C18H17F17O3. The molecule has 1 fully saturated rings. The van der Waals surface area contributed by atoms with Crippen LogP contribution in [0.3, 0.4) is 0 Å². The largest absolute Gasteiger partial charge is 0.460 e. The number of ether oxygens (including phenoxy) is 2. The van der Waals surface area contributed by atoms with Crippen molar-refractivity contribution in [2.24, 2.45) is 5.92 Å². The van der Waals surface area contributed by atoms with Crippen LogP contribution in [0.1, 0.15) is 32.1 Å². The summed E-state index contributed by atoms with van der Waals surface area (Å²) in [7, 11) is 0. The first kappa shape index (κ1) is 34.3. The molecule has 20 heteroatoms.